The van der Waals surface area contributed by atoms with Crippen LogP contribution in [0, 0.1) is 33.6 Å². The first-order valence-corrected chi connectivity index (χ1v) is 12.6. The average molecular weight is 476 g/mol. The Bertz CT molecular complexity index is 1180. The molecule has 1 atom stereocenters. The molecular weight excluding hydrogens is 442 g/mol. The monoisotopic (exact) mass is 475 g/mol. The molecule has 9 heteroatoms. The Morgan fingerprint density at radius 2 is 1.85 bits per heavy atom. The second kappa shape index (κ2) is 9.69. The van der Waals surface area contributed by atoms with Crippen LogP contribution in [0.1, 0.15) is 52.6 Å². The number of aryl methyl sites for hydroxylation is 2. The van der Waals surface area contributed by atoms with E-state index >= 15 is 0 Å². The van der Waals surface area contributed by atoms with Gasteiger partial charge in [-0.15, -0.1) is 0 Å². The summed E-state index contributed by atoms with van der Waals surface area (Å²) in [7, 11) is -2.28. The third-order valence-corrected chi connectivity index (χ3v) is 8.42. The number of sulfonamides is 1. The van der Waals surface area contributed by atoms with Gasteiger partial charge in [0.25, 0.3) is 0 Å². The number of esters is 1. The quantitative estimate of drug-likeness (QED) is 0.645. The van der Waals surface area contributed by atoms with Gasteiger partial charge in [0, 0.05) is 37.2 Å². The number of hydrogen-bond donors (Lipinski definition) is 1. The first-order valence-electron chi connectivity index (χ1n) is 11.2. The van der Waals surface area contributed by atoms with Gasteiger partial charge in [-0.3, -0.25) is 4.79 Å². The highest BCUT2D eigenvalue weighted by atomic mass is 32.2. The molecule has 8 nitrogen and oxygen atoms in total. The number of rotatable bonds is 6. The van der Waals surface area contributed by atoms with Crippen molar-refractivity contribution in [1.82, 2.24) is 8.87 Å². The standard InChI is InChI=1S/C24H33N3O5S/c1-7-32-24(29)21-17(4)26(6)18(5)22(21)33(30,31)27-12-8-9-19(14-27)23(28)25-20-11-10-15(2)13-16(20)3/h10-11,13,19H,7-9,12,14H2,1-6H3,(H,25,28). The summed E-state index contributed by atoms with van der Waals surface area (Å²) in [5, 5.41) is 2.95. The molecule has 1 aromatic carbocycles. The van der Waals surface area contributed by atoms with Crippen molar-refractivity contribution in [2.24, 2.45) is 13.0 Å². The normalized spacial score (nSPS) is 17.1. The maximum atomic E-state index is 13.7. The van der Waals surface area contributed by atoms with Crippen LogP contribution in [0.25, 0.3) is 0 Å². The largest absolute Gasteiger partial charge is 0.462 e. The lowest BCUT2D eigenvalue weighted by Crippen LogP contribution is -2.44. The number of nitrogens with zero attached hydrogens (tertiary/aromatic N) is 2. The van der Waals surface area contributed by atoms with Gasteiger partial charge in [-0.1, -0.05) is 17.7 Å². The molecule has 3 rings (SSSR count). The van der Waals surface area contributed by atoms with E-state index in [1.165, 1.54) is 4.31 Å². The fraction of sp³-hybridized carbons (Fsp3) is 0.500. The molecule has 1 amide bonds. The maximum absolute atomic E-state index is 13.7. The molecule has 1 aromatic heterocycles. The van der Waals surface area contributed by atoms with Crippen LogP contribution in [0.3, 0.4) is 0 Å². The van der Waals surface area contributed by atoms with E-state index in [9.17, 15) is 18.0 Å². The Morgan fingerprint density at radius 1 is 1.15 bits per heavy atom. The van der Waals surface area contributed by atoms with Crippen LogP contribution >= 0.6 is 0 Å². The van der Waals surface area contributed by atoms with E-state index in [0.29, 0.717) is 30.8 Å². The van der Waals surface area contributed by atoms with Crippen molar-refractivity contribution in [3.05, 3.63) is 46.3 Å². The van der Waals surface area contributed by atoms with Gasteiger partial charge in [0.1, 0.15) is 10.5 Å². The van der Waals surface area contributed by atoms with E-state index in [4.69, 9.17) is 4.74 Å². The Hall–Kier alpha value is -2.65. The summed E-state index contributed by atoms with van der Waals surface area (Å²) in [5.41, 5.74) is 3.86. The van der Waals surface area contributed by atoms with E-state index in [1.807, 2.05) is 32.0 Å². The van der Waals surface area contributed by atoms with Crippen molar-refractivity contribution in [3.8, 4) is 0 Å². The van der Waals surface area contributed by atoms with Gasteiger partial charge in [0.05, 0.1) is 12.5 Å². The minimum absolute atomic E-state index is 0.0311. The molecule has 0 aliphatic carbocycles. The molecule has 2 heterocycles. The molecule has 180 valence electrons. The van der Waals surface area contributed by atoms with Gasteiger partial charge >= 0.3 is 5.97 Å². The van der Waals surface area contributed by atoms with Crippen LogP contribution in [0.5, 0.6) is 0 Å². The molecule has 0 radical (unpaired) electrons. The number of nitrogens with one attached hydrogen (secondary N) is 1. The second-order valence-corrected chi connectivity index (χ2v) is 10.5. The van der Waals surface area contributed by atoms with Gasteiger partial charge in [0.15, 0.2) is 0 Å². The van der Waals surface area contributed by atoms with Gasteiger partial charge < -0.3 is 14.6 Å². The van der Waals surface area contributed by atoms with Crippen molar-refractivity contribution in [2.75, 3.05) is 25.0 Å². The van der Waals surface area contributed by atoms with Gasteiger partial charge in [0.2, 0.25) is 15.9 Å². The number of benzene rings is 1. The molecule has 0 saturated carbocycles. The van der Waals surface area contributed by atoms with Gasteiger partial charge in [-0.05, 0) is 59.1 Å². The maximum Gasteiger partial charge on any atom is 0.341 e. The Balaban J connectivity index is 1.88. The van der Waals surface area contributed by atoms with Crippen LogP contribution in [-0.2, 0) is 26.6 Å². The van der Waals surface area contributed by atoms with Crippen LogP contribution in [-0.4, -0.2) is 48.9 Å². The number of ether oxygens (including phenoxy) is 1. The lowest BCUT2D eigenvalue weighted by Gasteiger charge is -2.31. The number of carbonyl (C=O) groups is 2. The summed E-state index contributed by atoms with van der Waals surface area (Å²) in [6.45, 7) is 9.49. The fourth-order valence-corrected chi connectivity index (χ4v) is 6.37. The SMILES string of the molecule is CCOC(=O)c1c(S(=O)(=O)N2CCCC(C(=O)Nc3ccc(C)cc3C)C2)c(C)n(C)c1C. The number of piperidine rings is 1. The molecule has 0 bridgehead atoms. The zero-order chi connectivity index (χ0) is 24.5. The molecule has 1 unspecified atom stereocenters. The Morgan fingerprint density at radius 3 is 2.48 bits per heavy atom. The Labute approximate surface area is 196 Å². The highest BCUT2D eigenvalue weighted by Gasteiger charge is 2.39. The Kier molecular flexibility index (Phi) is 7.33. The smallest absolute Gasteiger partial charge is 0.341 e. The lowest BCUT2D eigenvalue weighted by atomic mass is 9.98. The van der Waals surface area contributed by atoms with E-state index in [1.54, 1.807) is 32.4 Å². The topological polar surface area (TPSA) is 97.7 Å². The molecule has 1 N–H and O–H groups in total. The first-order chi connectivity index (χ1) is 15.5. The minimum atomic E-state index is -4.01. The fourth-order valence-electron chi connectivity index (χ4n) is 4.37. The van der Waals surface area contributed by atoms with Crippen molar-refractivity contribution in [3.63, 3.8) is 0 Å². The summed E-state index contributed by atoms with van der Waals surface area (Å²) in [6.07, 6.45) is 1.16. The summed E-state index contributed by atoms with van der Waals surface area (Å²) in [6, 6.07) is 5.78. The molecule has 33 heavy (non-hydrogen) atoms. The van der Waals surface area contributed by atoms with Crippen LogP contribution in [0.4, 0.5) is 5.69 Å². The number of amides is 1. The van der Waals surface area contributed by atoms with Crippen molar-refractivity contribution in [2.45, 2.75) is 52.4 Å². The molecule has 1 aliphatic rings. The highest BCUT2D eigenvalue weighted by Crippen LogP contribution is 2.32. The number of carbonyl (C=O) groups excluding carboxylic acids is 2. The minimum Gasteiger partial charge on any atom is -0.462 e. The first kappa shape index (κ1) is 25.0. The summed E-state index contributed by atoms with van der Waals surface area (Å²) in [5.74, 6) is -1.34. The van der Waals surface area contributed by atoms with E-state index < -0.39 is 21.9 Å². The average Bonchev–Trinajstić information content (AvgIpc) is 3.00. The number of hydrogen-bond acceptors (Lipinski definition) is 5. The van der Waals surface area contributed by atoms with Gasteiger partial charge in [-0.2, -0.15) is 4.31 Å². The van der Waals surface area contributed by atoms with E-state index in [0.717, 1.165) is 16.8 Å². The molecule has 1 fully saturated rings. The highest BCUT2D eigenvalue weighted by molar-refractivity contribution is 7.89. The molecule has 2 aromatic rings. The summed E-state index contributed by atoms with van der Waals surface area (Å²) in [4.78, 5) is 25.6. The van der Waals surface area contributed by atoms with Crippen LogP contribution in [0.2, 0.25) is 0 Å². The summed E-state index contributed by atoms with van der Waals surface area (Å²) < 4.78 is 35.5. The molecule has 1 saturated heterocycles. The van der Waals surface area contributed by atoms with Crippen molar-refractivity contribution < 1.29 is 22.7 Å². The second-order valence-electron chi connectivity index (χ2n) is 8.66. The van der Waals surface area contributed by atoms with Crippen molar-refractivity contribution >= 4 is 27.6 Å². The predicted molar refractivity (Wildman–Crippen MR) is 127 cm³/mol. The number of anilines is 1. The zero-order valence-electron chi connectivity index (χ0n) is 20.2. The molecule has 1 aliphatic heterocycles. The third-order valence-electron chi connectivity index (χ3n) is 6.40. The van der Waals surface area contributed by atoms with Crippen LogP contribution in [0.15, 0.2) is 23.1 Å². The lowest BCUT2D eigenvalue weighted by molar-refractivity contribution is -0.120. The summed E-state index contributed by atoms with van der Waals surface area (Å²) >= 11 is 0. The zero-order valence-corrected chi connectivity index (χ0v) is 21.0. The van der Waals surface area contributed by atoms with Crippen molar-refractivity contribution in [1.29, 1.82) is 0 Å². The molecule has 0 spiro atoms. The molecular formula is C24H33N3O5S. The predicted octanol–water partition coefficient (Wildman–Crippen LogP) is 3.47. The van der Waals surface area contributed by atoms with Crippen LogP contribution < -0.4 is 5.32 Å². The number of aromatic nitrogens is 1. The third kappa shape index (κ3) is 4.84. The van der Waals surface area contributed by atoms with E-state index in [2.05, 4.69) is 5.32 Å². The van der Waals surface area contributed by atoms with E-state index in [-0.39, 0.29) is 29.5 Å². The van der Waals surface area contributed by atoms with Gasteiger partial charge in [-0.25, -0.2) is 13.2 Å².